The number of nitrogens with zero attached hydrogens (tertiary/aromatic N) is 3. The highest BCUT2D eigenvalue weighted by molar-refractivity contribution is 7.98. The second kappa shape index (κ2) is 7.91. The van der Waals surface area contributed by atoms with E-state index in [-0.39, 0.29) is 0 Å². The molecule has 2 aromatic carbocycles. The third-order valence-electron chi connectivity index (χ3n) is 4.55. The number of rotatable bonds is 5. The van der Waals surface area contributed by atoms with E-state index in [0.717, 1.165) is 28.0 Å². The van der Waals surface area contributed by atoms with Gasteiger partial charge in [0, 0.05) is 11.9 Å². The molecule has 0 aliphatic carbocycles. The predicted octanol–water partition coefficient (Wildman–Crippen LogP) is 6.10. The molecule has 0 spiro atoms. The molecule has 7 heteroatoms. The minimum atomic E-state index is -4.34. The normalized spacial score (nSPS) is 11.9. The Morgan fingerprint density at radius 1 is 0.966 bits per heavy atom. The minimum Gasteiger partial charge on any atom is -0.299 e. The fraction of sp³-hybridized carbons (Fsp3) is 0.182. The van der Waals surface area contributed by atoms with Gasteiger partial charge in [-0.2, -0.15) is 13.2 Å². The van der Waals surface area contributed by atoms with Gasteiger partial charge in [-0.25, -0.2) is 9.97 Å². The zero-order valence-corrected chi connectivity index (χ0v) is 16.5. The number of fused-ring (bicyclic) bond motifs is 1. The van der Waals surface area contributed by atoms with Crippen LogP contribution < -0.4 is 0 Å². The van der Waals surface area contributed by atoms with Crippen LogP contribution in [0.1, 0.15) is 22.3 Å². The van der Waals surface area contributed by atoms with E-state index in [9.17, 15) is 13.2 Å². The zero-order valence-electron chi connectivity index (χ0n) is 15.6. The van der Waals surface area contributed by atoms with E-state index in [2.05, 4.69) is 34.2 Å². The summed E-state index contributed by atoms with van der Waals surface area (Å²) in [5, 5.41) is 0.733. The number of halogens is 3. The average Bonchev–Trinajstić information content (AvgIpc) is 3.05. The Morgan fingerprint density at radius 2 is 1.76 bits per heavy atom. The summed E-state index contributed by atoms with van der Waals surface area (Å²) >= 11 is 1.41. The van der Waals surface area contributed by atoms with Gasteiger partial charge in [0.05, 0.1) is 12.1 Å². The van der Waals surface area contributed by atoms with Crippen LogP contribution in [0, 0.1) is 6.92 Å². The maximum absolute atomic E-state index is 13.0. The lowest BCUT2D eigenvalue weighted by molar-refractivity contribution is -0.137. The van der Waals surface area contributed by atoms with Crippen LogP contribution in [0.3, 0.4) is 0 Å². The van der Waals surface area contributed by atoms with Crippen LogP contribution in [0.25, 0.3) is 11.2 Å². The minimum absolute atomic E-state index is 0.390. The number of hydrogen-bond donors (Lipinski definition) is 0. The van der Waals surface area contributed by atoms with Crippen molar-refractivity contribution in [1.82, 2.24) is 14.5 Å². The van der Waals surface area contributed by atoms with Gasteiger partial charge in [0.15, 0.2) is 10.8 Å². The van der Waals surface area contributed by atoms with Gasteiger partial charge in [0.2, 0.25) is 0 Å². The topological polar surface area (TPSA) is 30.7 Å². The van der Waals surface area contributed by atoms with E-state index < -0.39 is 11.7 Å². The number of aryl methyl sites for hydroxylation is 1. The van der Waals surface area contributed by atoms with E-state index in [1.807, 2.05) is 23.6 Å². The zero-order chi connectivity index (χ0) is 20.4. The molecule has 0 radical (unpaired) electrons. The Balaban J connectivity index is 1.62. The highest BCUT2D eigenvalue weighted by Crippen LogP contribution is 2.32. The number of thioether (sulfide) groups is 1. The van der Waals surface area contributed by atoms with Crippen molar-refractivity contribution in [2.24, 2.45) is 0 Å². The van der Waals surface area contributed by atoms with Gasteiger partial charge in [0.1, 0.15) is 5.52 Å². The fourth-order valence-electron chi connectivity index (χ4n) is 3.05. The molecule has 29 heavy (non-hydrogen) atoms. The highest BCUT2D eigenvalue weighted by Gasteiger charge is 2.30. The summed E-state index contributed by atoms with van der Waals surface area (Å²) in [4.78, 5) is 9.11. The number of pyridine rings is 1. The third-order valence-corrected chi connectivity index (χ3v) is 5.60. The van der Waals surface area contributed by atoms with Gasteiger partial charge in [0.25, 0.3) is 0 Å². The first kappa shape index (κ1) is 19.5. The Hall–Kier alpha value is -2.80. The van der Waals surface area contributed by atoms with Gasteiger partial charge in [-0.3, -0.25) is 4.57 Å². The summed E-state index contributed by atoms with van der Waals surface area (Å²) in [7, 11) is 0. The SMILES string of the molecule is Cc1ccc(Cn2c(SCc3cccc(C(F)(F)F)c3)nc3cccnc32)cc1. The number of hydrogen-bond acceptors (Lipinski definition) is 3. The summed E-state index contributed by atoms with van der Waals surface area (Å²) < 4.78 is 40.9. The summed E-state index contributed by atoms with van der Waals surface area (Å²) in [6.07, 6.45) is -2.62. The van der Waals surface area contributed by atoms with Crippen molar-refractivity contribution in [1.29, 1.82) is 0 Å². The van der Waals surface area contributed by atoms with E-state index in [4.69, 9.17) is 0 Å². The van der Waals surface area contributed by atoms with Crippen molar-refractivity contribution < 1.29 is 13.2 Å². The number of alkyl halides is 3. The molecule has 0 aliphatic heterocycles. The standard InChI is InChI=1S/C22H18F3N3S/c1-15-7-9-16(10-8-15)13-28-20-19(6-3-11-26-20)27-21(28)29-14-17-4-2-5-18(12-17)22(23,24)25/h2-12H,13-14H2,1H3. The van der Waals surface area contributed by atoms with Crippen LogP contribution in [0.15, 0.2) is 72.0 Å². The molecular weight excluding hydrogens is 395 g/mol. The lowest BCUT2D eigenvalue weighted by Gasteiger charge is -2.10. The summed E-state index contributed by atoms with van der Waals surface area (Å²) in [5.74, 6) is 0.390. The van der Waals surface area contributed by atoms with Gasteiger partial charge >= 0.3 is 6.18 Å². The Kier molecular flexibility index (Phi) is 5.32. The van der Waals surface area contributed by atoms with Gasteiger partial charge in [-0.1, -0.05) is 59.8 Å². The number of benzene rings is 2. The molecule has 2 heterocycles. The molecule has 4 rings (SSSR count). The maximum atomic E-state index is 13.0. The first-order valence-electron chi connectivity index (χ1n) is 9.06. The lowest BCUT2D eigenvalue weighted by atomic mass is 10.1. The second-order valence-electron chi connectivity index (χ2n) is 6.80. The van der Waals surface area contributed by atoms with Crippen molar-refractivity contribution in [3.63, 3.8) is 0 Å². The summed E-state index contributed by atoms with van der Waals surface area (Å²) in [6, 6.07) is 17.4. The summed E-state index contributed by atoms with van der Waals surface area (Å²) in [6.45, 7) is 2.63. The molecule has 148 valence electrons. The van der Waals surface area contributed by atoms with E-state index in [1.54, 1.807) is 12.3 Å². The monoisotopic (exact) mass is 413 g/mol. The second-order valence-corrected chi connectivity index (χ2v) is 7.74. The third kappa shape index (κ3) is 4.45. The number of imidazole rings is 1. The lowest BCUT2D eigenvalue weighted by Crippen LogP contribution is -2.05. The molecule has 0 saturated carbocycles. The Morgan fingerprint density at radius 3 is 2.52 bits per heavy atom. The quantitative estimate of drug-likeness (QED) is 0.371. The largest absolute Gasteiger partial charge is 0.416 e. The molecule has 0 saturated heterocycles. The molecule has 0 unspecified atom stereocenters. The smallest absolute Gasteiger partial charge is 0.299 e. The van der Waals surface area contributed by atoms with Crippen LogP contribution >= 0.6 is 11.8 Å². The van der Waals surface area contributed by atoms with Crippen LogP contribution in [0.5, 0.6) is 0 Å². The number of aromatic nitrogens is 3. The summed E-state index contributed by atoms with van der Waals surface area (Å²) in [5.41, 5.74) is 3.80. The van der Waals surface area contributed by atoms with Gasteiger partial charge in [-0.05, 0) is 36.2 Å². The van der Waals surface area contributed by atoms with Crippen LogP contribution in [0.2, 0.25) is 0 Å². The molecule has 0 N–H and O–H groups in total. The molecule has 0 aliphatic rings. The van der Waals surface area contributed by atoms with Crippen LogP contribution in [-0.2, 0) is 18.5 Å². The average molecular weight is 413 g/mol. The molecule has 0 amide bonds. The molecule has 0 bridgehead atoms. The van der Waals surface area contributed by atoms with Crippen LogP contribution in [-0.4, -0.2) is 14.5 Å². The van der Waals surface area contributed by atoms with Crippen molar-refractivity contribution >= 4 is 22.9 Å². The van der Waals surface area contributed by atoms with Gasteiger partial charge < -0.3 is 0 Å². The molecular formula is C22H18F3N3S. The van der Waals surface area contributed by atoms with Crippen LogP contribution in [0.4, 0.5) is 13.2 Å². The Labute approximate surface area is 170 Å². The highest BCUT2D eigenvalue weighted by atomic mass is 32.2. The van der Waals surface area contributed by atoms with Crippen molar-refractivity contribution in [2.75, 3.05) is 0 Å². The van der Waals surface area contributed by atoms with E-state index in [1.165, 1.54) is 29.5 Å². The predicted molar refractivity (Wildman–Crippen MR) is 109 cm³/mol. The molecule has 4 aromatic rings. The van der Waals surface area contributed by atoms with Crippen molar-refractivity contribution in [3.05, 3.63) is 89.1 Å². The molecule has 2 aromatic heterocycles. The maximum Gasteiger partial charge on any atom is 0.416 e. The fourth-order valence-corrected chi connectivity index (χ4v) is 4.00. The first-order chi connectivity index (χ1) is 13.9. The molecule has 0 fully saturated rings. The Bertz CT molecular complexity index is 1130. The van der Waals surface area contributed by atoms with Crippen molar-refractivity contribution in [2.45, 2.75) is 30.6 Å². The molecule has 0 atom stereocenters. The van der Waals surface area contributed by atoms with E-state index in [0.29, 0.717) is 17.9 Å². The van der Waals surface area contributed by atoms with E-state index >= 15 is 0 Å². The molecule has 3 nitrogen and oxygen atoms in total. The van der Waals surface area contributed by atoms with Crippen molar-refractivity contribution in [3.8, 4) is 0 Å². The van der Waals surface area contributed by atoms with Gasteiger partial charge in [-0.15, -0.1) is 0 Å². The first-order valence-corrected chi connectivity index (χ1v) is 10.0.